The largest absolute Gasteiger partial charge is 0.444 e. The lowest BCUT2D eigenvalue weighted by atomic mass is 9.95. The standard InChI is InChI=1S/C28H29F2N5O5/c1-15(36)32-10-18-11-35(26(38)39-18)17-7-21(29)24(22(30)8-17)16-5-6-23(33-9-16)28(14-31)19-12-34(13-20(19)28)25(37)40-27(2,3)4/h5-9,18-20H,10-13H2,1-4H3,(H,32,36)/t18-,19?,20?,28?/m0/s1. The molecule has 0 bridgehead atoms. The first-order valence-electron chi connectivity index (χ1n) is 12.9. The van der Waals surface area contributed by atoms with Gasteiger partial charge in [0.2, 0.25) is 5.91 Å². The predicted octanol–water partition coefficient (Wildman–Crippen LogP) is 3.75. The lowest BCUT2D eigenvalue weighted by Gasteiger charge is -2.27. The molecule has 2 saturated heterocycles. The highest BCUT2D eigenvalue weighted by Gasteiger charge is 2.71. The van der Waals surface area contributed by atoms with Gasteiger partial charge in [-0.15, -0.1) is 0 Å². The van der Waals surface area contributed by atoms with E-state index in [9.17, 15) is 19.6 Å². The van der Waals surface area contributed by atoms with Crippen molar-refractivity contribution in [3.05, 3.63) is 47.8 Å². The summed E-state index contributed by atoms with van der Waals surface area (Å²) in [6, 6.07) is 7.55. The Morgan fingerprint density at radius 2 is 1.85 bits per heavy atom. The van der Waals surface area contributed by atoms with Gasteiger partial charge in [-0.3, -0.25) is 14.7 Å². The average molecular weight is 554 g/mol. The summed E-state index contributed by atoms with van der Waals surface area (Å²) in [5, 5.41) is 12.6. The summed E-state index contributed by atoms with van der Waals surface area (Å²) in [5.74, 6) is -2.29. The second-order valence-electron chi connectivity index (χ2n) is 11.3. The van der Waals surface area contributed by atoms with Crippen LogP contribution in [0, 0.1) is 34.8 Å². The molecule has 1 aliphatic carbocycles. The molecule has 40 heavy (non-hydrogen) atoms. The van der Waals surface area contributed by atoms with Crippen molar-refractivity contribution in [1.29, 1.82) is 5.26 Å². The van der Waals surface area contributed by atoms with E-state index in [0.29, 0.717) is 18.8 Å². The Hall–Kier alpha value is -4.27. The Balaban J connectivity index is 1.30. The molecule has 1 aromatic heterocycles. The van der Waals surface area contributed by atoms with Crippen LogP contribution in [0.5, 0.6) is 0 Å². The van der Waals surface area contributed by atoms with Crippen molar-refractivity contribution in [3.8, 4) is 17.2 Å². The van der Waals surface area contributed by atoms with Crippen LogP contribution in [0.3, 0.4) is 0 Å². The number of cyclic esters (lactones) is 1. The van der Waals surface area contributed by atoms with E-state index in [0.717, 1.165) is 17.0 Å². The van der Waals surface area contributed by atoms with Gasteiger partial charge in [-0.1, -0.05) is 6.07 Å². The fourth-order valence-corrected chi connectivity index (χ4v) is 5.58. The number of amides is 3. The van der Waals surface area contributed by atoms with Gasteiger partial charge < -0.3 is 19.7 Å². The maximum absolute atomic E-state index is 15.2. The molecule has 3 heterocycles. The summed E-state index contributed by atoms with van der Waals surface area (Å²) in [6.07, 6.45) is -0.516. The Morgan fingerprint density at radius 3 is 2.38 bits per heavy atom. The molecule has 1 aromatic carbocycles. The van der Waals surface area contributed by atoms with Gasteiger partial charge in [0, 0.05) is 43.6 Å². The van der Waals surface area contributed by atoms with E-state index in [1.165, 1.54) is 19.2 Å². The van der Waals surface area contributed by atoms with E-state index >= 15 is 8.78 Å². The van der Waals surface area contributed by atoms with Crippen molar-refractivity contribution in [1.82, 2.24) is 15.2 Å². The van der Waals surface area contributed by atoms with E-state index in [4.69, 9.17) is 9.47 Å². The van der Waals surface area contributed by atoms with E-state index in [2.05, 4.69) is 16.4 Å². The normalized spacial score (nSPS) is 25.2. The van der Waals surface area contributed by atoms with Gasteiger partial charge in [0.25, 0.3) is 0 Å². The Bertz CT molecular complexity index is 1380. The summed E-state index contributed by atoms with van der Waals surface area (Å²) in [7, 11) is 0. The topological polar surface area (TPSA) is 125 Å². The van der Waals surface area contributed by atoms with Gasteiger partial charge >= 0.3 is 12.2 Å². The number of rotatable bonds is 5. The van der Waals surface area contributed by atoms with E-state index in [1.807, 2.05) is 0 Å². The molecule has 3 atom stereocenters. The number of nitrogens with one attached hydrogen (secondary N) is 1. The number of aromatic nitrogens is 1. The summed E-state index contributed by atoms with van der Waals surface area (Å²) in [5.41, 5.74) is -1.16. The number of likely N-dealkylation sites (tertiary alicyclic amines) is 1. The number of fused-ring (bicyclic) bond motifs is 1. The number of hydrogen-bond acceptors (Lipinski definition) is 7. The number of carbonyl (C=O) groups excluding carboxylic acids is 3. The molecule has 3 fully saturated rings. The predicted molar refractivity (Wildman–Crippen MR) is 138 cm³/mol. The van der Waals surface area contributed by atoms with Gasteiger partial charge in [-0.25, -0.2) is 18.4 Å². The van der Waals surface area contributed by atoms with Crippen LogP contribution in [-0.2, 0) is 19.7 Å². The Kier molecular flexibility index (Phi) is 6.64. The molecular weight excluding hydrogens is 524 g/mol. The number of carbonyl (C=O) groups is 3. The van der Waals surface area contributed by atoms with Crippen molar-refractivity contribution < 1.29 is 32.6 Å². The lowest BCUT2D eigenvalue weighted by molar-refractivity contribution is -0.119. The van der Waals surface area contributed by atoms with Crippen molar-refractivity contribution in [2.75, 3.05) is 31.1 Å². The van der Waals surface area contributed by atoms with Crippen LogP contribution in [0.25, 0.3) is 11.1 Å². The first-order valence-corrected chi connectivity index (χ1v) is 12.9. The van der Waals surface area contributed by atoms with Gasteiger partial charge in [0.05, 0.1) is 36.1 Å². The smallest absolute Gasteiger partial charge is 0.414 e. The number of ether oxygens (including phenoxy) is 2. The molecule has 3 aliphatic rings. The zero-order chi connectivity index (χ0) is 29.0. The number of nitrogens with zero attached hydrogens (tertiary/aromatic N) is 4. The van der Waals surface area contributed by atoms with Gasteiger partial charge in [0.1, 0.15) is 28.8 Å². The highest BCUT2D eigenvalue weighted by Crippen LogP contribution is 2.62. The number of piperidine rings is 1. The van der Waals surface area contributed by atoms with Crippen molar-refractivity contribution in [2.24, 2.45) is 11.8 Å². The third-order valence-corrected chi connectivity index (χ3v) is 7.48. The van der Waals surface area contributed by atoms with Crippen LogP contribution in [0.15, 0.2) is 30.5 Å². The quantitative estimate of drug-likeness (QED) is 0.598. The van der Waals surface area contributed by atoms with Crippen LogP contribution in [0.1, 0.15) is 33.4 Å². The lowest BCUT2D eigenvalue weighted by Crippen LogP contribution is -2.39. The highest BCUT2D eigenvalue weighted by molar-refractivity contribution is 5.90. The van der Waals surface area contributed by atoms with Crippen molar-refractivity contribution >= 4 is 23.8 Å². The number of pyridine rings is 1. The van der Waals surface area contributed by atoms with E-state index < -0.39 is 40.9 Å². The minimum atomic E-state index is -0.894. The average Bonchev–Trinajstić information content (AvgIpc) is 3.15. The Labute approximate surface area is 229 Å². The highest BCUT2D eigenvalue weighted by atomic mass is 19.1. The third kappa shape index (κ3) is 4.80. The van der Waals surface area contributed by atoms with Crippen LogP contribution >= 0.6 is 0 Å². The molecule has 210 valence electrons. The van der Waals surface area contributed by atoms with E-state index in [-0.39, 0.29) is 47.6 Å². The third-order valence-electron chi connectivity index (χ3n) is 7.48. The molecule has 1 N–H and O–H groups in total. The molecule has 0 radical (unpaired) electrons. The summed E-state index contributed by atoms with van der Waals surface area (Å²) < 4.78 is 40.9. The van der Waals surface area contributed by atoms with Gasteiger partial charge in [-0.05, 0) is 39.0 Å². The van der Waals surface area contributed by atoms with Crippen LogP contribution in [0.2, 0.25) is 0 Å². The molecule has 12 heteroatoms. The molecule has 10 nitrogen and oxygen atoms in total. The first kappa shape index (κ1) is 27.3. The zero-order valence-corrected chi connectivity index (χ0v) is 22.5. The summed E-state index contributed by atoms with van der Waals surface area (Å²) in [4.78, 5) is 42.9. The fraction of sp³-hybridized carbons (Fsp3) is 0.464. The molecule has 2 aliphatic heterocycles. The zero-order valence-electron chi connectivity index (χ0n) is 22.5. The summed E-state index contributed by atoms with van der Waals surface area (Å²) in [6.45, 7) is 7.54. The molecule has 1 saturated carbocycles. The maximum Gasteiger partial charge on any atom is 0.414 e. The fourth-order valence-electron chi connectivity index (χ4n) is 5.58. The molecule has 3 amide bonds. The number of nitriles is 1. The monoisotopic (exact) mass is 553 g/mol. The maximum atomic E-state index is 15.2. The second-order valence-corrected chi connectivity index (χ2v) is 11.3. The first-order chi connectivity index (χ1) is 18.8. The van der Waals surface area contributed by atoms with Crippen molar-refractivity contribution in [3.63, 3.8) is 0 Å². The number of hydrogen-bond donors (Lipinski definition) is 1. The van der Waals surface area contributed by atoms with Crippen LogP contribution in [-0.4, -0.2) is 65.9 Å². The number of halogens is 2. The minimum Gasteiger partial charge on any atom is -0.444 e. The molecule has 5 rings (SSSR count). The van der Waals surface area contributed by atoms with Crippen LogP contribution < -0.4 is 10.2 Å². The number of anilines is 1. The molecule has 2 unspecified atom stereocenters. The van der Waals surface area contributed by atoms with Gasteiger partial charge in [0.15, 0.2) is 0 Å². The second kappa shape index (κ2) is 9.73. The molecule has 2 aromatic rings. The number of benzene rings is 1. The van der Waals surface area contributed by atoms with E-state index in [1.54, 1.807) is 31.7 Å². The molecule has 0 spiro atoms. The van der Waals surface area contributed by atoms with Crippen molar-refractivity contribution in [2.45, 2.75) is 44.8 Å². The summed E-state index contributed by atoms with van der Waals surface area (Å²) >= 11 is 0. The SMILES string of the molecule is CC(=O)NC[C@H]1CN(c2cc(F)c(-c3ccc(C4(C#N)C5CN(C(=O)OC(C)(C)C)CC54)nc3)c(F)c2)C(=O)O1. The van der Waals surface area contributed by atoms with Gasteiger partial charge in [-0.2, -0.15) is 5.26 Å². The van der Waals surface area contributed by atoms with Crippen LogP contribution in [0.4, 0.5) is 24.1 Å². The molecular formula is C28H29F2N5O5. The minimum absolute atomic E-state index is 0.0116. The Morgan fingerprint density at radius 1 is 1.20 bits per heavy atom.